The highest BCUT2D eigenvalue weighted by molar-refractivity contribution is 5.05. The third-order valence-electron chi connectivity index (χ3n) is 7.62. The lowest BCUT2D eigenvalue weighted by Crippen LogP contribution is -2.56. The van der Waals surface area contributed by atoms with Crippen molar-refractivity contribution in [2.24, 2.45) is 29.1 Å². The van der Waals surface area contributed by atoms with E-state index in [1.807, 2.05) is 0 Å². The van der Waals surface area contributed by atoms with Gasteiger partial charge in [-0.2, -0.15) is 0 Å². The van der Waals surface area contributed by atoms with Gasteiger partial charge in [0.15, 0.2) is 0 Å². The summed E-state index contributed by atoms with van der Waals surface area (Å²) in [6.45, 7) is 4.99. The van der Waals surface area contributed by atoms with Crippen LogP contribution in [0.5, 0.6) is 0 Å². The summed E-state index contributed by atoms with van der Waals surface area (Å²) < 4.78 is 0. The lowest BCUT2D eigenvalue weighted by Gasteiger charge is -2.59. The Hall–Kier alpha value is -0.0400. The van der Waals surface area contributed by atoms with Gasteiger partial charge in [-0.3, -0.25) is 0 Å². The second kappa shape index (κ2) is 5.00. The van der Waals surface area contributed by atoms with Gasteiger partial charge in [0, 0.05) is 12.1 Å². The molecule has 5 aliphatic rings. The average Bonchev–Trinajstić information content (AvgIpc) is 2.90. The van der Waals surface area contributed by atoms with Crippen LogP contribution >= 0.6 is 0 Å². The summed E-state index contributed by atoms with van der Waals surface area (Å²) in [4.78, 5) is 0. The fraction of sp³-hybridized carbons (Fsp3) is 1.00. The van der Waals surface area contributed by atoms with E-state index >= 15 is 0 Å². The molecule has 2 atom stereocenters. The maximum Gasteiger partial charge on any atom is 0.00980 e. The Balaban J connectivity index is 1.43. The van der Waals surface area contributed by atoms with Crippen LogP contribution in [0.15, 0.2) is 0 Å². The van der Waals surface area contributed by atoms with Crippen LogP contribution in [0, 0.1) is 29.1 Å². The topological polar surface area (TPSA) is 12.0 Å². The molecule has 0 heterocycles. The predicted molar refractivity (Wildman–Crippen MR) is 84.6 cm³/mol. The van der Waals surface area contributed by atoms with Crippen molar-refractivity contribution in [3.05, 3.63) is 0 Å². The van der Waals surface area contributed by atoms with Gasteiger partial charge in [-0.15, -0.1) is 0 Å². The van der Waals surface area contributed by atoms with Crippen molar-refractivity contribution in [1.82, 2.24) is 5.32 Å². The molecule has 0 aromatic carbocycles. The first-order valence-corrected chi connectivity index (χ1v) is 9.41. The Morgan fingerprint density at radius 2 is 1.35 bits per heavy atom. The SMILES string of the molecule is CC(NC(C)C12CC3CC(CC(C3)C1)C2)C1CCCC1. The predicted octanol–water partition coefficient (Wildman–Crippen LogP) is 4.76. The highest BCUT2D eigenvalue weighted by Crippen LogP contribution is 2.61. The van der Waals surface area contributed by atoms with Gasteiger partial charge >= 0.3 is 0 Å². The molecule has 0 aromatic heterocycles. The van der Waals surface area contributed by atoms with Crippen LogP contribution in [0.1, 0.15) is 78.1 Å². The van der Waals surface area contributed by atoms with E-state index in [1.54, 1.807) is 38.5 Å². The molecule has 5 rings (SSSR count). The van der Waals surface area contributed by atoms with Crippen LogP contribution in [-0.4, -0.2) is 12.1 Å². The molecule has 0 aliphatic heterocycles. The summed E-state index contributed by atoms with van der Waals surface area (Å²) in [6.07, 6.45) is 15.3. The van der Waals surface area contributed by atoms with Crippen molar-refractivity contribution in [2.75, 3.05) is 0 Å². The summed E-state index contributed by atoms with van der Waals surface area (Å²) in [6, 6.07) is 1.51. The van der Waals surface area contributed by atoms with Crippen LogP contribution in [0.2, 0.25) is 0 Å². The quantitative estimate of drug-likeness (QED) is 0.780. The van der Waals surface area contributed by atoms with Gasteiger partial charge < -0.3 is 5.32 Å². The minimum Gasteiger partial charge on any atom is -0.311 e. The molecule has 0 aromatic rings. The molecular weight excluding hydrogens is 242 g/mol. The Labute approximate surface area is 125 Å². The van der Waals surface area contributed by atoms with Gasteiger partial charge in [-0.1, -0.05) is 12.8 Å². The first kappa shape index (κ1) is 13.6. The third kappa shape index (κ3) is 2.25. The second-order valence-electron chi connectivity index (χ2n) is 9.00. The van der Waals surface area contributed by atoms with E-state index < -0.39 is 0 Å². The second-order valence-corrected chi connectivity index (χ2v) is 9.00. The smallest absolute Gasteiger partial charge is 0.00980 e. The van der Waals surface area contributed by atoms with Gasteiger partial charge in [0.2, 0.25) is 0 Å². The first-order valence-electron chi connectivity index (χ1n) is 9.41. The number of hydrogen-bond acceptors (Lipinski definition) is 1. The minimum atomic E-state index is 0.682. The lowest BCUT2D eigenvalue weighted by atomic mass is 9.48. The van der Waals surface area contributed by atoms with E-state index in [9.17, 15) is 0 Å². The molecule has 1 N–H and O–H groups in total. The average molecular weight is 275 g/mol. The summed E-state index contributed by atoms with van der Waals surface area (Å²) in [5.41, 5.74) is 0.682. The van der Waals surface area contributed by atoms with Gasteiger partial charge in [-0.25, -0.2) is 0 Å². The molecule has 20 heavy (non-hydrogen) atoms. The molecule has 5 aliphatic carbocycles. The molecule has 4 bridgehead atoms. The zero-order chi connectivity index (χ0) is 13.7. The standard InChI is InChI=1S/C19H33N/c1-13(18-5-3-4-6-18)20-14(2)19-10-15-7-16(11-19)9-17(8-15)12-19/h13-18,20H,3-12H2,1-2H3. The molecule has 0 radical (unpaired) electrons. The molecule has 1 heteroatoms. The number of nitrogens with one attached hydrogen (secondary N) is 1. The molecule has 5 saturated carbocycles. The summed E-state index contributed by atoms with van der Waals surface area (Å²) in [7, 11) is 0. The summed E-state index contributed by atoms with van der Waals surface area (Å²) >= 11 is 0. The van der Waals surface area contributed by atoms with Crippen molar-refractivity contribution >= 4 is 0 Å². The van der Waals surface area contributed by atoms with Crippen LogP contribution in [-0.2, 0) is 0 Å². The summed E-state index contributed by atoms with van der Waals surface area (Å²) in [5, 5.41) is 4.08. The lowest BCUT2D eigenvalue weighted by molar-refractivity contribution is -0.0727. The molecule has 0 amide bonds. The Morgan fingerprint density at radius 1 is 0.850 bits per heavy atom. The summed E-state index contributed by atoms with van der Waals surface area (Å²) in [5.74, 6) is 4.23. The van der Waals surface area contributed by atoms with Crippen molar-refractivity contribution < 1.29 is 0 Å². The number of hydrogen-bond donors (Lipinski definition) is 1. The van der Waals surface area contributed by atoms with Crippen molar-refractivity contribution in [3.63, 3.8) is 0 Å². The highest BCUT2D eigenvalue weighted by atomic mass is 15.0. The van der Waals surface area contributed by atoms with E-state index in [0.29, 0.717) is 5.41 Å². The molecule has 5 fully saturated rings. The normalized spacial score (nSPS) is 46.8. The van der Waals surface area contributed by atoms with Gasteiger partial charge in [-0.05, 0) is 94.3 Å². The van der Waals surface area contributed by atoms with E-state index in [2.05, 4.69) is 19.2 Å². The van der Waals surface area contributed by atoms with Gasteiger partial charge in [0.25, 0.3) is 0 Å². The molecule has 0 saturated heterocycles. The Kier molecular flexibility index (Phi) is 3.41. The highest BCUT2D eigenvalue weighted by Gasteiger charge is 2.53. The Morgan fingerprint density at radius 3 is 1.85 bits per heavy atom. The third-order valence-corrected chi connectivity index (χ3v) is 7.62. The largest absolute Gasteiger partial charge is 0.311 e. The zero-order valence-electron chi connectivity index (χ0n) is 13.5. The molecule has 1 nitrogen and oxygen atoms in total. The fourth-order valence-electron chi connectivity index (χ4n) is 6.87. The fourth-order valence-corrected chi connectivity index (χ4v) is 6.87. The molecular formula is C19H33N. The van der Waals surface area contributed by atoms with E-state index in [-0.39, 0.29) is 0 Å². The van der Waals surface area contributed by atoms with Crippen molar-refractivity contribution in [3.8, 4) is 0 Å². The van der Waals surface area contributed by atoms with Crippen molar-refractivity contribution in [2.45, 2.75) is 90.1 Å². The maximum absolute atomic E-state index is 4.08. The van der Waals surface area contributed by atoms with Gasteiger partial charge in [0.1, 0.15) is 0 Å². The molecule has 114 valence electrons. The van der Waals surface area contributed by atoms with E-state index in [1.165, 1.54) is 25.7 Å². The van der Waals surface area contributed by atoms with Crippen LogP contribution in [0.3, 0.4) is 0 Å². The molecule has 2 unspecified atom stereocenters. The van der Waals surface area contributed by atoms with E-state index in [0.717, 1.165) is 35.8 Å². The minimum absolute atomic E-state index is 0.682. The van der Waals surface area contributed by atoms with Crippen LogP contribution in [0.4, 0.5) is 0 Å². The van der Waals surface area contributed by atoms with Gasteiger partial charge in [0.05, 0.1) is 0 Å². The first-order chi connectivity index (χ1) is 9.64. The van der Waals surface area contributed by atoms with Crippen molar-refractivity contribution in [1.29, 1.82) is 0 Å². The Bertz CT molecular complexity index is 319. The van der Waals surface area contributed by atoms with E-state index in [4.69, 9.17) is 0 Å². The maximum atomic E-state index is 4.08. The zero-order valence-corrected chi connectivity index (χ0v) is 13.5. The monoisotopic (exact) mass is 275 g/mol. The number of rotatable bonds is 4. The van der Waals surface area contributed by atoms with Crippen LogP contribution in [0.25, 0.3) is 0 Å². The molecule has 0 spiro atoms. The van der Waals surface area contributed by atoms with Crippen LogP contribution < -0.4 is 5.32 Å².